The Balaban J connectivity index is 2.10. The van der Waals surface area contributed by atoms with Gasteiger partial charge < -0.3 is 19.1 Å². The van der Waals surface area contributed by atoms with Crippen LogP contribution in [-0.2, 0) is 14.2 Å². The molecule has 0 radical (unpaired) electrons. The van der Waals surface area contributed by atoms with Gasteiger partial charge in [0.05, 0.1) is 17.7 Å². The molecule has 0 amide bonds. The Bertz CT molecular complexity index is 463. The molecule has 4 atom stereocenters. The molecule has 0 saturated carbocycles. The van der Waals surface area contributed by atoms with Gasteiger partial charge in [-0.15, -0.1) is 0 Å². The van der Waals surface area contributed by atoms with Crippen LogP contribution >= 0.6 is 0 Å². The second-order valence-electron chi connectivity index (χ2n) is 5.51. The zero-order chi connectivity index (χ0) is 15.4. The highest BCUT2D eigenvalue weighted by Gasteiger charge is 2.40. The number of carbonyl (C=O) groups is 1. The maximum absolute atomic E-state index is 12.3. The number of benzene rings is 1. The van der Waals surface area contributed by atoms with E-state index in [0.717, 1.165) is 0 Å². The molecule has 116 valence electrons. The Morgan fingerprint density at radius 1 is 1.29 bits per heavy atom. The maximum Gasteiger partial charge on any atom is 0.338 e. The Kier molecular flexibility index (Phi) is 5.33. The van der Waals surface area contributed by atoms with Crippen molar-refractivity contribution in [1.82, 2.24) is 4.90 Å². The molecule has 0 aromatic heterocycles. The van der Waals surface area contributed by atoms with Crippen molar-refractivity contribution in [3.63, 3.8) is 0 Å². The van der Waals surface area contributed by atoms with Gasteiger partial charge in [-0.25, -0.2) is 4.79 Å². The SMILES string of the molecule is COC1C[C@@H](N(C)C)[C@H](OC(=O)c2ccccc2)[C@@H](C)O1. The van der Waals surface area contributed by atoms with E-state index in [1.807, 2.05) is 44.1 Å². The molecular weight excluding hydrogens is 270 g/mol. The molecule has 0 spiro atoms. The van der Waals surface area contributed by atoms with E-state index in [2.05, 4.69) is 0 Å². The quantitative estimate of drug-likeness (QED) is 0.794. The summed E-state index contributed by atoms with van der Waals surface area (Å²) >= 11 is 0. The van der Waals surface area contributed by atoms with Crippen LogP contribution in [0.15, 0.2) is 30.3 Å². The molecule has 5 nitrogen and oxygen atoms in total. The van der Waals surface area contributed by atoms with E-state index in [0.29, 0.717) is 12.0 Å². The van der Waals surface area contributed by atoms with E-state index in [4.69, 9.17) is 14.2 Å². The monoisotopic (exact) mass is 293 g/mol. The Morgan fingerprint density at radius 3 is 2.52 bits per heavy atom. The molecule has 1 aromatic carbocycles. The van der Waals surface area contributed by atoms with Gasteiger partial charge >= 0.3 is 5.97 Å². The lowest BCUT2D eigenvalue weighted by Crippen LogP contribution is -2.55. The summed E-state index contributed by atoms with van der Waals surface area (Å²) in [5, 5.41) is 0. The Morgan fingerprint density at radius 2 is 1.95 bits per heavy atom. The molecule has 1 unspecified atom stereocenters. The molecule has 2 rings (SSSR count). The van der Waals surface area contributed by atoms with Crippen molar-refractivity contribution in [3.05, 3.63) is 35.9 Å². The van der Waals surface area contributed by atoms with Crippen molar-refractivity contribution in [2.24, 2.45) is 0 Å². The molecular formula is C16H23NO4. The molecule has 1 aromatic rings. The molecule has 1 aliphatic rings. The van der Waals surface area contributed by atoms with E-state index >= 15 is 0 Å². The third-order valence-electron chi connectivity index (χ3n) is 3.82. The highest BCUT2D eigenvalue weighted by atomic mass is 16.7. The molecule has 21 heavy (non-hydrogen) atoms. The van der Waals surface area contributed by atoms with Crippen LogP contribution in [0.5, 0.6) is 0 Å². The zero-order valence-electron chi connectivity index (χ0n) is 13.0. The first-order valence-electron chi connectivity index (χ1n) is 7.13. The number of methoxy groups -OCH3 is 1. The Labute approximate surface area is 125 Å². The van der Waals surface area contributed by atoms with Crippen molar-refractivity contribution < 1.29 is 19.0 Å². The molecule has 1 saturated heterocycles. The number of likely N-dealkylation sites (N-methyl/N-ethyl adjacent to an activating group) is 1. The number of hydrogen-bond acceptors (Lipinski definition) is 5. The molecule has 5 heteroatoms. The lowest BCUT2D eigenvalue weighted by molar-refractivity contribution is -0.224. The summed E-state index contributed by atoms with van der Waals surface area (Å²) in [5.41, 5.74) is 0.552. The van der Waals surface area contributed by atoms with Gasteiger partial charge in [0.15, 0.2) is 6.29 Å². The minimum atomic E-state index is -0.321. The molecule has 1 aliphatic heterocycles. The number of esters is 1. The third kappa shape index (κ3) is 3.81. The molecule has 1 fully saturated rings. The summed E-state index contributed by atoms with van der Waals surface area (Å²) in [5.74, 6) is -0.321. The van der Waals surface area contributed by atoms with Crippen LogP contribution in [0.3, 0.4) is 0 Å². The van der Waals surface area contributed by atoms with Crippen molar-refractivity contribution >= 4 is 5.97 Å². The van der Waals surface area contributed by atoms with E-state index in [-0.39, 0.29) is 30.5 Å². The van der Waals surface area contributed by atoms with Crippen LogP contribution < -0.4 is 0 Å². The summed E-state index contributed by atoms with van der Waals surface area (Å²) < 4.78 is 16.7. The van der Waals surface area contributed by atoms with Crippen LogP contribution in [0.2, 0.25) is 0 Å². The molecule has 1 heterocycles. The summed E-state index contributed by atoms with van der Waals surface area (Å²) in [6.45, 7) is 1.91. The van der Waals surface area contributed by atoms with Gasteiger partial charge in [0.2, 0.25) is 0 Å². The Hall–Kier alpha value is -1.43. The van der Waals surface area contributed by atoms with Crippen LogP contribution in [0.4, 0.5) is 0 Å². The molecule has 0 aliphatic carbocycles. The van der Waals surface area contributed by atoms with E-state index in [1.165, 1.54) is 0 Å². The van der Waals surface area contributed by atoms with E-state index in [9.17, 15) is 4.79 Å². The highest BCUT2D eigenvalue weighted by Crippen LogP contribution is 2.26. The fourth-order valence-corrected chi connectivity index (χ4v) is 2.61. The number of nitrogens with zero attached hydrogens (tertiary/aromatic N) is 1. The summed E-state index contributed by atoms with van der Waals surface area (Å²) in [4.78, 5) is 14.3. The van der Waals surface area contributed by atoms with Crippen LogP contribution in [-0.4, -0.2) is 56.6 Å². The van der Waals surface area contributed by atoms with Gasteiger partial charge in [0, 0.05) is 13.5 Å². The summed E-state index contributed by atoms with van der Waals surface area (Å²) in [6.07, 6.45) is -0.137. The van der Waals surface area contributed by atoms with Gasteiger partial charge in [-0.3, -0.25) is 0 Å². The normalized spacial score (nSPS) is 29.4. The second-order valence-corrected chi connectivity index (χ2v) is 5.51. The number of ether oxygens (including phenoxy) is 3. The van der Waals surface area contributed by atoms with Gasteiger partial charge in [-0.2, -0.15) is 0 Å². The van der Waals surface area contributed by atoms with Crippen molar-refractivity contribution in [2.45, 2.75) is 37.9 Å². The maximum atomic E-state index is 12.3. The van der Waals surface area contributed by atoms with Crippen LogP contribution in [0.25, 0.3) is 0 Å². The van der Waals surface area contributed by atoms with E-state index < -0.39 is 0 Å². The minimum Gasteiger partial charge on any atom is -0.454 e. The van der Waals surface area contributed by atoms with Gasteiger partial charge in [-0.05, 0) is 33.2 Å². The van der Waals surface area contributed by atoms with Crippen molar-refractivity contribution in [2.75, 3.05) is 21.2 Å². The van der Waals surface area contributed by atoms with Gasteiger partial charge in [0.1, 0.15) is 6.10 Å². The average Bonchev–Trinajstić information content (AvgIpc) is 2.49. The van der Waals surface area contributed by atoms with E-state index in [1.54, 1.807) is 19.2 Å². The largest absolute Gasteiger partial charge is 0.454 e. The number of rotatable bonds is 4. The first-order chi connectivity index (χ1) is 10.0. The summed E-state index contributed by atoms with van der Waals surface area (Å²) in [7, 11) is 5.57. The second kappa shape index (κ2) is 7.02. The van der Waals surface area contributed by atoms with Gasteiger partial charge in [-0.1, -0.05) is 18.2 Å². The highest BCUT2D eigenvalue weighted by molar-refractivity contribution is 5.89. The first kappa shape index (κ1) is 15.9. The fraction of sp³-hybridized carbons (Fsp3) is 0.562. The lowest BCUT2D eigenvalue weighted by Gasteiger charge is -2.42. The average molecular weight is 293 g/mol. The predicted molar refractivity (Wildman–Crippen MR) is 79.1 cm³/mol. The van der Waals surface area contributed by atoms with Crippen molar-refractivity contribution in [3.8, 4) is 0 Å². The smallest absolute Gasteiger partial charge is 0.338 e. The van der Waals surface area contributed by atoms with Gasteiger partial charge in [0.25, 0.3) is 0 Å². The zero-order valence-corrected chi connectivity index (χ0v) is 13.0. The number of carbonyl (C=O) groups excluding carboxylic acids is 1. The standard InChI is InChI=1S/C16H23NO4/c1-11-15(13(17(2)3)10-14(19-4)20-11)21-16(18)12-8-6-5-7-9-12/h5-9,11,13-15H,10H2,1-4H3/t11-,13-,14?,15-/m1/s1. The minimum absolute atomic E-state index is 0.0614. The topological polar surface area (TPSA) is 48.0 Å². The predicted octanol–water partition coefficient (Wildman–Crippen LogP) is 1.92. The summed E-state index contributed by atoms with van der Waals surface area (Å²) in [6, 6.07) is 9.07. The number of hydrogen-bond donors (Lipinski definition) is 0. The fourth-order valence-electron chi connectivity index (χ4n) is 2.61. The van der Waals surface area contributed by atoms with Crippen LogP contribution in [0.1, 0.15) is 23.7 Å². The molecule has 0 bridgehead atoms. The van der Waals surface area contributed by atoms with Crippen molar-refractivity contribution in [1.29, 1.82) is 0 Å². The van der Waals surface area contributed by atoms with Crippen LogP contribution in [0, 0.1) is 0 Å². The third-order valence-corrected chi connectivity index (χ3v) is 3.82. The molecule has 0 N–H and O–H groups in total. The first-order valence-corrected chi connectivity index (χ1v) is 7.13. The lowest BCUT2D eigenvalue weighted by atomic mass is 9.98.